The van der Waals surface area contributed by atoms with Crippen molar-refractivity contribution in [3.8, 4) is 0 Å². The average molecular weight is 379 g/mol. The van der Waals surface area contributed by atoms with E-state index in [2.05, 4.69) is 25.5 Å². The van der Waals surface area contributed by atoms with Crippen LogP contribution in [0.3, 0.4) is 0 Å². The van der Waals surface area contributed by atoms with E-state index in [0.29, 0.717) is 48.7 Å². The second-order valence-electron chi connectivity index (χ2n) is 7.24. The van der Waals surface area contributed by atoms with E-state index in [-0.39, 0.29) is 11.8 Å². The summed E-state index contributed by atoms with van der Waals surface area (Å²) < 4.78 is 0. The smallest absolute Gasteiger partial charge is 0.259 e. The van der Waals surface area contributed by atoms with Gasteiger partial charge in [-0.05, 0) is 51.0 Å². The van der Waals surface area contributed by atoms with Crippen LogP contribution in [-0.4, -0.2) is 40.8 Å². The molecule has 2 aliphatic rings. The Balaban J connectivity index is 1.39. The van der Waals surface area contributed by atoms with Crippen LogP contribution in [0.2, 0.25) is 0 Å². The molecule has 8 heteroatoms. The molecule has 0 atom stereocenters. The third kappa shape index (κ3) is 3.45. The van der Waals surface area contributed by atoms with Gasteiger partial charge in [-0.1, -0.05) is 0 Å². The number of anilines is 2. The molecule has 1 aromatic carbocycles. The second kappa shape index (κ2) is 7.03. The minimum atomic E-state index is -0.433. The van der Waals surface area contributed by atoms with Gasteiger partial charge in [-0.2, -0.15) is 0 Å². The predicted octanol–water partition coefficient (Wildman–Crippen LogP) is 1.83. The number of aromatic nitrogens is 2. The summed E-state index contributed by atoms with van der Waals surface area (Å²) >= 11 is 0. The lowest BCUT2D eigenvalue weighted by Crippen LogP contribution is -2.39. The lowest BCUT2D eigenvalue weighted by Gasteiger charge is -2.31. The summed E-state index contributed by atoms with van der Waals surface area (Å²) in [6.45, 7) is 5.32. The van der Waals surface area contributed by atoms with Crippen molar-refractivity contribution in [3.05, 3.63) is 46.8 Å². The molecule has 0 spiro atoms. The molecule has 1 fully saturated rings. The Morgan fingerprint density at radius 1 is 1.04 bits per heavy atom. The highest BCUT2D eigenvalue weighted by atomic mass is 16.2. The van der Waals surface area contributed by atoms with E-state index in [1.165, 1.54) is 0 Å². The van der Waals surface area contributed by atoms with Crippen LogP contribution in [0.15, 0.2) is 24.3 Å². The van der Waals surface area contributed by atoms with Gasteiger partial charge in [0.05, 0.1) is 11.1 Å². The molecular weight excluding hydrogens is 358 g/mol. The third-order valence-electron chi connectivity index (χ3n) is 5.12. The number of aryl methyl sites for hydroxylation is 2. The number of nitrogens with zero attached hydrogens (tertiary/aromatic N) is 3. The number of fused-ring (bicyclic) bond motifs is 1. The number of imide groups is 1. The summed E-state index contributed by atoms with van der Waals surface area (Å²) in [6.07, 6.45) is 1.40. The van der Waals surface area contributed by atoms with Crippen LogP contribution in [0, 0.1) is 19.8 Å². The molecule has 2 aromatic rings. The van der Waals surface area contributed by atoms with Crippen LogP contribution in [-0.2, 0) is 4.79 Å². The van der Waals surface area contributed by atoms with Crippen LogP contribution >= 0.6 is 0 Å². The summed E-state index contributed by atoms with van der Waals surface area (Å²) in [5, 5.41) is 5.12. The molecule has 0 radical (unpaired) electrons. The summed E-state index contributed by atoms with van der Waals surface area (Å²) in [5.41, 5.74) is 3.02. The summed E-state index contributed by atoms with van der Waals surface area (Å²) in [7, 11) is 0. The molecule has 4 rings (SSSR count). The number of carbonyl (C=O) groups is 3. The Labute approximate surface area is 162 Å². The number of piperidine rings is 1. The first kappa shape index (κ1) is 18.1. The van der Waals surface area contributed by atoms with Gasteiger partial charge in [0.25, 0.3) is 11.8 Å². The number of nitrogens with one attached hydrogen (secondary N) is 2. The minimum Gasteiger partial charge on any atom is -0.341 e. The zero-order chi connectivity index (χ0) is 19.8. The van der Waals surface area contributed by atoms with Crippen LogP contribution in [0.4, 0.5) is 11.6 Å². The minimum absolute atomic E-state index is 0.0781. The molecule has 1 aromatic heterocycles. The van der Waals surface area contributed by atoms with Crippen molar-refractivity contribution in [1.29, 1.82) is 0 Å². The molecule has 2 aliphatic heterocycles. The van der Waals surface area contributed by atoms with Gasteiger partial charge < -0.3 is 10.2 Å². The van der Waals surface area contributed by atoms with Crippen molar-refractivity contribution in [2.24, 2.45) is 5.92 Å². The molecule has 0 unspecified atom stereocenters. The van der Waals surface area contributed by atoms with Crippen molar-refractivity contribution in [3.63, 3.8) is 0 Å². The molecule has 1 saturated heterocycles. The zero-order valence-corrected chi connectivity index (χ0v) is 15.8. The topological polar surface area (TPSA) is 104 Å². The number of benzene rings is 1. The quantitative estimate of drug-likeness (QED) is 0.789. The van der Waals surface area contributed by atoms with Crippen LogP contribution in [0.25, 0.3) is 0 Å². The fraction of sp³-hybridized carbons (Fsp3) is 0.350. The Bertz CT molecular complexity index is 960. The van der Waals surface area contributed by atoms with Crippen LogP contribution in [0.5, 0.6) is 0 Å². The second-order valence-corrected chi connectivity index (χ2v) is 7.24. The van der Waals surface area contributed by atoms with Gasteiger partial charge in [0.2, 0.25) is 11.9 Å². The molecule has 0 aliphatic carbocycles. The maximum atomic E-state index is 12.6. The first-order valence-electron chi connectivity index (χ1n) is 9.28. The zero-order valence-electron chi connectivity index (χ0n) is 15.8. The molecule has 8 nitrogen and oxygen atoms in total. The standard InChI is InChI=1S/C20H21N5O3/c1-11-9-12(2)22-20(21-11)25-7-5-13(6-8-25)17(26)23-14-3-4-15-16(10-14)19(28)24-18(15)27/h3-4,9-10,13H,5-8H2,1-2H3,(H,23,26)(H,24,27,28). The highest BCUT2D eigenvalue weighted by Crippen LogP contribution is 2.24. The fourth-order valence-electron chi connectivity index (χ4n) is 3.68. The Kier molecular flexibility index (Phi) is 4.54. The van der Waals surface area contributed by atoms with Crippen molar-refractivity contribution in [2.45, 2.75) is 26.7 Å². The Morgan fingerprint density at radius 2 is 1.68 bits per heavy atom. The summed E-state index contributed by atoms with van der Waals surface area (Å²) in [4.78, 5) is 47.1. The maximum absolute atomic E-state index is 12.6. The average Bonchev–Trinajstić information content (AvgIpc) is 2.94. The van der Waals surface area contributed by atoms with Crippen molar-refractivity contribution >= 4 is 29.4 Å². The lowest BCUT2D eigenvalue weighted by atomic mass is 9.96. The normalized spacial score (nSPS) is 16.7. The van der Waals surface area contributed by atoms with Gasteiger partial charge in [0.15, 0.2) is 0 Å². The van der Waals surface area contributed by atoms with E-state index in [0.717, 1.165) is 11.4 Å². The summed E-state index contributed by atoms with van der Waals surface area (Å²) in [5.74, 6) is -0.320. The number of hydrogen-bond acceptors (Lipinski definition) is 6. The van der Waals surface area contributed by atoms with E-state index in [4.69, 9.17) is 0 Å². The molecule has 3 amide bonds. The van der Waals surface area contributed by atoms with E-state index in [1.807, 2.05) is 19.9 Å². The molecule has 0 bridgehead atoms. The van der Waals surface area contributed by atoms with E-state index >= 15 is 0 Å². The Morgan fingerprint density at radius 3 is 2.36 bits per heavy atom. The Hall–Kier alpha value is -3.29. The molecule has 2 N–H and O–H groups in total. The van der Waals surface area contributed by atoms with E-state index < -0.39 is 11.8 Å². The van der Waals surface area contributed by atoms with Crippen molar-refractivity contribution in [2.75, 3.05) is 23.3 Å². The SMILES string of the molecule is Cc1cc(C)nc(N2CCC(C(=O)Nc3ccc4c(c3)C(=O)NC4=O)CC2)n1. The highest BCUT2D eigenvalue weighted by molar-refractivity contribution is 6.22. The van der Waals surface area contributed by atoms with Gasteiger partial charge in [-0.3, -0.25) is 19.7 Å². The number of carbonyl (C=O) groups excluding carboxylic acids is 3. The van der Waals surface area contributed by atoms with Gasteiger partial charge in [-0.15, -0.1) is 0 Å². The van der Waals surface area contributed by atoms with E-state index in [9.17, 15) is 14.4 Å². The third-order valence-corrected chi connectivity index (χ3v) is 5.12. The van der Waals surface area contributed by atoms with Crippen molar-refractivity contribution < 1.29 is 14.4 Å². The van der Waals surface area contributed by atoms with Gasteiger partial charge in [0.1, 0.15) is 0 Å². The van der Waals surface area contributed by atoms with Crippen LogP contribution in [0.1, 0.15) is 44.9 Å². The lowest BCUT2D eigenvalue weighted by molar-refractivity contribution is -0.120. The maximum Gasteiger partial charge on any atom is 0.259 e. The monoisotopic (exact) mass is 379 g/mol. The first-order valence-corrected chi connectivity index (χ1v) is 9.28. The molecule has 144 valence electrons. The predicted molar refractivity (Wildman–Crippen MR) is 103 cm³/mol. The van der Waals surface area contributed by atoms with Gasteiger partial charge in [-0.25, -0.2) is 9.97 Å². The van der Waals surface area contributed by atoms with Crippen LogP contribution < -0.4 is 15.5 Å². The number of hydrogen-bond donors (Lipinski definition) is 2. The largest absolute Gasteiger partial charge is 0.341 e. The van der Waals surface area contributed by atoms with Gasteiger partial charge in [0, 0.05) is 36.1 Å². The number of rotatable bonds is 3. The number of amides is 3. The molecule has 0 saturated carbocycles. The fourth-order valence-corrected chi connectivity index (χ4v) is 3.68. The summed E-state index contributed by atoms with van der Waals surface area (Å²) in [6, 6.07) is 6.69. The van der Waals surface area contributed by atoms with E-state index in [1.54, 1.807) is 18.2 Å². The van der Waals surface area contributed by atoms with Gasteiger partial charge >= 0.3 is 0 Å². The highest BCUT2D eigenvalue weighted by Gasteiger charge is 2.29. The molecule has 3 heterocycles. The first-order chi connectivity index (χ1) is 13.4. The van der Waals surface area contributed by atoms with Crippen molar-refractivity contribution in [1.82, 2.24) is 15.3 Å². The molecular formula is C20H21N5O3. The molecule has 28 heavy (non-hydrogen) atoms.